The van der Waals surface area contributed by atoms with Crippen molar-refractivity contribution in [1.82, 2.24) is 0 Å². The summed E-state index contributed by atoms with van der Waals surface area (Å²) in [6, 6.07) is 17.3. The van der Waals surface area contributed by atoms with E-state index in [4.69, 9.17) is 8.92 Å². The Morgan fingerprint density at radius 2 is 1.75 bits per heavy atom. The Hall–Kier alpha value is -3.46. The SMILES string of the molecule is CCOC(=O)N=[S@](=O)(Oc1ccc([N+](=O)[O-])cc1)c1ccc2ccccc2c1. The highest BCUT2D eigenvalue weighted by Gasteiger charge is 2.20. The molecule has 3 aromatic rings. The lowest BCUT2D eigenvalue weighted by Crippen LogP contribution is -2.13. The third-order valence-electron chi connectivity index (χ3n) is 3.74. The number of carbonyl (C=O) groups is 1. The van der Waals surface area contributed by atoms with E-state index in [-0.39, 0.29) is 22.9 Å². The van der Waals surface area contributed by atoms with Crippen molar-refractivity contribution in [1.29, 1.82) is 0 Å². The van der Waals surface area contributed by atoms with Crippen LogP contribution < -0.4 is 4.18 Å². The molecular formula is C19H16N2O6S. The number of fused-ring (bicyclic) bond motifs is 1. The fraction of sp³-hybridized carbons (Fsp3) is 0.105. The number of hydrogen-bond acceptors (Lipinski definition) is 6. The minimum Gasteiger partial charge on any atom is -0.448 e. The number of hydrogen-bond donors (Lipinski definition) is 0. The zero-order valence-corrected chi connectivity index (χ0v) is 15.6. The summed E-state index contributed by atoms with van der Waals surface area (Å²) < 4.78 is 27.4. The second kappa shape index (κ2) is 8.05. The molecule has 0 N–H and O–H groups in total. The molecule has 0 unspecified atom stereocenters. The van der Waals surface area contributed by atoms with E-state index < -0.39 is 21.0 Å². The lowest BCUT2D eigenvalue weighted by Gasteiger charge is -2.12. The molecule has 144 valence electrons. The molecule has 0 spiro atoms. The standard InChI is InChI=1S/C19H16N2O6S/c1-2-26-19(22)20-28(25,27-17-10-8-16(9-11-17)21(23)24)18-12-7-14-5-3-4-6-15(14)13-18/h3-13H,2H2,1H3/t28-/m1/s1. The zero-order chi connectivity index (χ0) is 20.1. The van der Waals surface area contributed by atoms with Crippen molar-refractivity contribution >= 4 is 32.6 Å². The van der Waals surface area contributed by atoms with E-state index in [1.807, 2.05) is 24.3 Å². The van der Waals surface area contributed by atoms with Crippen LogP contribution in [-0.2, 0) is 14.7 Å². The van der Waals surface area contributed by atoms with Crippen LogP contribution in [0.2, 0.25) is 0 Å². The first-order chi connectivity index (χ1) is 13.4. The first-order valence-electron chi connectivity index (χ1n) is 8.28. The minimum absolute atomic E-state index is 0.0626. The molecular weight excluding hydrogens is 384 g/mol. The highest BCUT2D eigenvalue weighted by molar-refractivity contribution is 7.89. The number of benzene rings is 3. The normalized spacial score (nSPS) is 12.8. The monoisotopic (exact) mass is 400 g/mol. The first kappa shape index (κ1) is 19.3. The van der Waals surface area contributed by atoms with Crippen molar-refractivity contribution in [2.24, 2.45) is 4.36 Å². The van der Waals surface area contributed by atoms with Crippen molar-refractivity contribution in [3.63, 3.8) is 0 Å². The molecule has 0 saturated carbocycles. The Balaban J connectivity index is 2.07. The van der Waals surface area contributed by atoms with Gasteiger partial charge in [-0.15, -0.1) is 0 Å². The van der Waals surface area contributed by atoms with Gasteiger partial charge in [-0.2, -0.15) is 0 Å². The third-order valence-corrected chi connectivity index (χ3v) is 5.40. The van der Waals surface area contributed by atoms with Gasteiger partial charge in [0.2, 0.25) is 10.0 Å². The van der Waals surface area contributed by atoms with E-state index in [1.165, 1.54) is 24.3 Å². The van der Waals surface area contributed by atoms with E-state index >= 15 is 0 Å². The molecule has 9 heteroatoms. The average Bonchev–Trinajstić information content (AvgIpc) is 2.68. The van der Waals surface area contributed by atoms with Crippen LogP contribution in [0.1, 0.15) is 6.92 Å². The fourth-order valence-electron chi connectivity index (χ4n) is 2.45. The average molecular weight is 400 g/mol. The zero-order valence-electron chi connectivity index (χ0n) is 14.8. The number of non-ortho nitro benzene ring substituents is 1. The van der Waals surface area contributed by atoms with Crippen LogP contribution in [0.25, 0.3) is 10.8 Å². The van der Waals surface area contributed by atoms with Crippen LogP contribution in [-0.4, -0.2) is 21.8 Å². The van der Waals surface area contributed by atoms with Gasteiger partial charge in [-0.1, -0.05) is 34.7 Å². The van der Waals surface area contributed by atoms with Crippen LogP contribution in [0.15, 0.2) is 76.0 Å². The second-order valence-corrected chi connectivity index (χ2v) is 7.38. The van der Waals surface area contributed by atoms with Gasteiger partial charge < -0.3 is 8.92 Å². The molecule has 3 aromatic carbocycles. The van der Waals surface area contributed by atoms with Gasteiger partial charge >= 0.3 is 6.09 Å². The van der Waals surface area contributed by atoms with Gasteiger partial charge in [0.05, 0.1) is 16.4 Å². The van der Waals surface area contributed by atoms with Crippen LogP contribution >= 0.6 is 0 Å². The molecule has 1 amide bonds. The molecule has 3 rings (SSSR count). The van der Waals surface area contributed by atoms with Gasteiger partial charge in [-0.25, -0.2) is 9.00 Å². The number of amides is 1. The minimum atomic E-state index is -3.69. The van der Waals surface area contributed by atoms with Gasteiger partial charge in [0.1, 0.15) is 5.75 Å². The lowest BCUT2D eigenvalue weighted by molar-refractivity contribution is -0.384. The Morgan fingerprint density at radius 1 is 1.07 bits per heavy atom. The van der Waals surface area contributed by atoms with Crippen molar-refractivity contribution in [3.05, 3.63) is 76.8 Å². The van der Waals surface area contributed by atoms with Crippen molar-refractivity contribution < 1.29 is 22.8 Å². The Morgan fingerprint density at radius 3 is 2.39 bits per heavy atom. The molecule has 0 aliphatic heterocycles. The molecule has 0 fully saturated rings. The van der Waals surface area contributed by atoms with E-state index in [0.717, 1.165) is 10.8 Å². The van der Waals surface area contributed by atoms with Gasteiger partial charge in [0, 0.05) is 12.1 Å². The molecule has 28 heavy (non-hydrogen) atoms. The fourth-order valence-corrected chi connectivity index (χ4v) is 3.82. The molecule has 8 nitrogen and oxygen atoms in total. The maximum atomic E-state index is 13.5. The Kier molecular flexibility index (Phi) is 5.55. The van der Waals surface area contributed by atoms with Crippen LogP contribution in [0, 0.1) is 10.1 Å². The van der Waals surface area contributed by atoms with E-state index in [1.54, 1.807) is 25.1 Å². The summed E-state index contributed by atoms with van der Waals surface area (Å²) >= 11 is 0. The highest BCUT2D eigenvalue weighted by Crippen LogP contribution is 2.26. The van der Waals surface area contributed by atoms with Crippen molar-refractivity contribution in [2.75, 3.05) is 6.61 Å². The molecule has 0 bridgehead atoms. The van der Waals surface area contributed by atoms with Gasteiger partial charge in [0.15, 0.2) is 0 Å². The van der Waals surface area contributed by atoms with Crippen LogP contribution in [0.5, 0.6) is 5.75 Å². The smallest absolute Gasteiger partial charge is 0.444 e. The van der Waals surface area contributed by atoms with E-state index in [9.17, 15) is 19.1 Å². The quantitative estimate of drug-likeness (QED) is 0.453. The number of ether oxygens (including phenoxy) is 1. The number of rotatable bonds is 5. The van der Waals surface area contributed by atoms with Gasteiger partial charge in [0.25, 0.3) is 5.69 Å². The Labute approximate surface area is 161 Å². The molecule has 0 aliphatic carbocycles. The summed E-state index contributed by atoms with van der Waals surface area (Å²) in [6.07, 6.45) is -1.03. The number of nitrogens with zero attached hydrogens (tertiary/aromatic N) is 2. The summed E-state index contributed by atoms with van der Waals surface area (Å²) in [5.74, 6) is 0.0665. The Bertz CT molecular complexity index is 1150. The second-order valence-electron chi connectivity index (χ2n) is 5.61. The summed E-state index contributed by atoms with van der Waals surface area (Å²) in [6.45, 7) is 1.66. The summed E-state index contributed by atoms with van der Waals surface area (Å²) in [4.78, 5) is 22.3. The maximum Gasteiger partial charge on any atom is 0.444 e. The van der Waals surface area contributed by atoms with Crippen LogP contribution in [0.3, 0.4) is 0 Å². The van der Waals surface area contributed by atoms with Gasteiger partial charge in [-0.3, -0.25) is 10.1 Å². The predicted molar refractivity (Wildman–Crippen MR) is 104 cm³/mol. The molecule has 0 aliphatic rings. The number of carbonyl (C=O) groups excluding carboxylic acids is 1. The highest BCUT2D eigenvalue weighted by atomic mass is 32.2. The van der Waals surface area contributed by atoms with Crippen molar-refractivity contribution in [2.45, 2.75) is 11.8 Å². The summed E-state index contributed by atoms with van der Waals surface area (Å²) in [5.41, 5.74) is -0.146. The predicted octanol–water partition coefficient (Wildman–Crippen LogP) is 4.73. The summed E-state index contributed by atoms with van der Waals surface area (Å²) in [5, 5.41) is 12.5. The third kappa shape index (κ3) is 4.26. The molecule has 1 atom stereocenters. The van der Waals surface area contributed by atoms with E-state index in [0.29, 0.717) is 0 Å². The lowest BCUT2D eigenvalue weighted by atomic mass is 10.1. The summed E-state index contributed by atoms with van der Waals surface area (Å²) in [7, 11) is -3.69. The van der Waals surface area contributed by atoms with Crippen molar-refractivity contribution in [3.8, 4) is 5.75 Å². The van der Waals surface area contributed by atoms with Gasteiger partial charge in [-0.05, 0) is 42.0 Å². The maximum absolute atomic E-state index is 13.5. The van der Waals surface area contributed by atoms with Crippen LogP contribution in [0.4, 0.5) is 10.5 Å². The number of nitro benzene ring substituents is 1. The first-order valence-corrected chi connectivity index (χ1v) is 9.72. The molecule has 0 aromatic heterocycles. The van der Waals surface area contributed by atoms with E-state index in [2.05, 4.69) is 4.36 Å². The molecule has 0 radical (unpaired) electrons. The topological polar surface area (TPSA) is 108 Å². The largest absolute Gasteiger partial charge is 0.448 e. The molecule has 0 saturated heterocycles. The molecule has 0 heterocycles. The number of nitro groups is 1.